The fourth-order valence-corrected chi connectivity index (χ4v) is 7.81. The maximum absolute atomic E-state index is 16.2. The molecular weight excluding hydrogens is 830 g/mol. The van der Waals surface area contributed by atoms with Gasteiger partial charge in [-0.2, -0.15) is 0 Å². The van der Waals surface area contributed by atoms with E-state index in [2.05, 4.69) is 15.0 Å². The molecule has 0 atom stereocenters. The Bertz CT molecular complexity index is 3140. The van der Waals surface area contributed by atoms with Crippen molar-refractivity contribution >= 4 is 63.8 Å². The normalized spacial score (nSPS) is 12.1. The summed E-state index contributed by atoms with van der Waals surface area (Å²) in [5.41, 5.74) is 7.84. The second-order valence-electron chi connectivity index (χ2n) is 13.7. The molecule has 304 valence electrons. The van der Waals surface area contributed by atoms with Gasteiger partial charge < -0.3 is 20.4 Å². The molecule has 16 heteroatoms. The van der Waals surface area contributed by atoms with Crippen LogP contribution in [0.1, 0.15) is 28.3 Å². The van der Waals surface area contributed by atoms with Gasteiger partial charge in [-0.1, -0.05) is 36.0 Å². The number of fused-ring (bicyclic) bond motifs is 8. The highest BCUT2D eigenvalue weighted by Crippen LogP contribution is 2.43. The van der Waals surface area contributed by atoms with Crippen LogP contribution in [0.2, 0.25) is 0 Å². The fourth-order valence-electron chi connectivity index (χ4n) is 6.89. The number of nitrogen functional groups attached to an aromatic ring is 1. The van der Waals surface area contributed by atoms with E-state index in [1.165, 1.54) is 36.4 Å². The number of aromatic nitrogens is 4. The molecule has 9 rings (SSSR count). The van der Waals surface area contributed by atoms with E-state index in [0.29, 0.717) is 56.5 Å². The molecule has 0 amide bonds. The summed E-state index contributed by atoms with van der Waals surface area (Å²) in [5.74, 6) is -16.8. The van der Waals surface area contributed by atoms with E-state index >= 15 is 17.6 Å². The lowest BCUT2D eigenvalue weighted by atomic mass is 10.0. The van der Waals surface area contributed by atoms with Crippen LogP contribution in [0.25, 0.3) is 68.6 Å². The predicted molar refractivity (Wildman–Crippen MR) is 215 cm³/mol. The second kappa shape index (κ2) is 15.4. The number of H-pyrrole nitrogens is 2. The van der Waals surface area contributed by atoms with E-state index in [4.69, 9.17) is 15.5 Å². The molecular formula is C45H24F9N5OS. The number of rotatable bonds is 7. The van der Waals surface area contributed by atoms with Crippen LogP contribution in [0.3, 0.4) is 0 Å². The lowest BCUT2D eigenvalue weighted by Gasteiger charge is -2.13. The van der Waals surface area contributed by atoms with Crippen LogP contribution in [0.5, 0.6) is 5.75 Å². The molecule has 0 unspecified atom stereocenters. The third kappa shape index (κ3) is 7.07. The molecule has 0 saturated heterocycles. The summed E-state index contributed by atoms with van der Waals surface area (Å²) in [7, 11) is 0. The van der Waals surface area contributed by atoms with Crippen molar-refractivity contribution in [3.05, 3.63) is 166 Å². The molecule has 7 aromatic rings. The number of nitrogens with zero attached hydrogens (tertiary/aromatic N) is 2. The van der Waals surface area contributed by atoms with Gasteiger partial charge in [0.25, 0.3) is 0 Å². The standard InChI is InChI=1S/C45H24F9N5OS/c46-36-26(37(47)41(51)42(52)40(36)50)19-60-25-11-5-20(6-12-25)33-28-13-7-21(56-28)17-23-9-15-30(58-23)34(31-16-10-24(59-31)18-22-8-14-29(33)57-22)35-38(48)43(53)45(44(54)39(35)49)61-32-4-2-1-3-27(32)55/h1-18,56,59H,19,55H2. The molecule has 0 saturated carbocycles. The Balaban J connectivity index is 1.15. The Morgan fingerprint density at radius 2 is 1.05 bits per heavy atom. The summed E-state index contributed by atoms with van der Waals surface area (Å²) >= 11 is 0.459. The third-order valence-electron chi connectivity index (χ3n) is 9.83. The minimum atomic E-state index is -2.27. The molecule has 8 bridgehead atoms. The zero-order chi connectivity index (χ0) is 42.7. The topological polar surface area (TPSA) is 92.6 Å². The van der Waals surface area contributed by atoms with Gasteiger partial charge in [-0.25, -0.2) is 49.5 Å². The first-order valence-electron chi connectivity index (χ1n) is 18.1. The van der Waals surface area contributed by atoms with Gasteiger partial charge in [0, 0.05) is 43.8 Å². The first kappa shape index (κ1) is 39.3. The molecule has 0 aliphatic carbocycles. The zero-order valence-electron chi connectivity index (χ0n) is 30.8. The molecule has 2 aliphatic rings. The summed E-state index contributed by atoms with van der Waals surface area (Å²) in [6, 6.07) is 22.2. The number of nitrogens with two attached hydrogens (primary N) is 1. The molecule has 3 aromatic heterocycles. The molecule has 5 heterocycles. The number of benzene rings is 4. The monoisotopic (exact) mass is 853 g/mol. The molecule has 61 heavy (non-hydrogen) atoms. The smallest absolute Gasteiger partial charge is 0.200 e. The van der Waals surface area contributed by atoms with Crippen LogP contribution in [0, 0.1) is 52.4 Å². The number of aromatic amines is 2. The minimum absolute atomic E-state index is 0.00582. The van der Waals surface area contributed by atoms with Crippen LogP contribution < -0.4 is 10.5 Å². The maximum atomic E-state index is 16.2. The minimum Gasteiger partial charge on any atom is -0.489 e. The molecule has 0 spiro atoms. The summed E-state index contributed by atoms with van der Waals surface area (Å²) in [6.07, 6.45) is 6.48. The van der Waals surface area contributed by atoms with E-state index in [-0.39, 0.29) is 33.1 Å². The molecule has 0 fully saturated rings. The Kier molecular flexibility index (Phi) is 9.94. The number of halogens is 9. The maximum Gasteiger partial charge on any atom is 0.200 e. The molecule has 0 radical (unpaired) electrons. The van der Waals surface area contributed by atoms with E-state index in [9.17, 15) is 22.0 Å². The van der Waals surface area contributed by atoms with E-state index in [0.717, 1.165) is 0 Å². The van der Waals surface area contributed by atoms with Crippen molar-refractivity contribution in [3.8, 4) is 28.0 Å². The van der Waals surface area contributed by atoms with Crippen molar-refractivity contribution in [2.45, 2.75) is 16.4 Å². The van der Waals surface area contributed by atoms with Crippen LogP contribution in [-0.4, -0.2) is 19.9 Å². The Hall–Kier alpha value is -7.20. The lowest BCUT2D eigenvalue weighted by molar-refractivity contribution is 0.279. The molecule has 6 nitrogen and oxygen atoms in total. The highest BCUT2D eigenvalue weighted by molar-refractivity contribution is 7.99. The zero-order valence-corrected chi connectivity index (χ0v) is 31.6. The number of para-hydroxylation sites is 1. The highest BCUT2D eigenvalue weighted by Gasteiger charge is 2.30. The van der Waals surface area contributed by atoms with Crippen molar-refractivity contribution in [1.82, 2.24) is 19.9 Å². The van der Waals surface area contributed by atoms with Crippen molar-refractivity contribution in [3.63, 3.8) is 0 Å². The van der Waals surface area contributed by atoms with Gasteiger partial charge in [-0.05, 0) is 90.5 Å². The second-order valence-corrected chi connectivity index (χ2v) is 14.7. The Morgan fingerprint density at radius 1 is 0.525 bits per heavy atom. The van der Waals surface area contributed by atoms with E-state index < -0.39 is 75.0 Å². The largest absolute Gasteiger partial charge is 0.489 e. The van der Waals surface area contributed by atoms with Gasteiger partial charge in [0.05, 0.1) is 38.8 Å². The summed E-state index contributed by atoms with van der Waals surface area (Å²) in [6.45, 7) is -0.938. The van der Waals surface area contributed by atoms with Gasteiger partial charge in [0.1, 0.15) is 12.4 Å². The van der Waals surface area contributed by atoms with Gasteiger partial charge in [-0.3, -0.25) is 0 Å². The first-order valence-corrected chi connectivity index (χ1v) is 18.9. The fraction of sp³-hybridized carbons (Fsp3) is 0.0222. The lowest BCUT2D eigenvalue weighted by Crippen LogP contribution is -2.09. The van der Waals surface area contributed by atoms with Crippen molar-refractivity contribution in [2.75, 3.05) is 5.73 Å². The molecule has 4 aromatic carbocycles. The average molecular weight is 854 g/mol. The SMILES string of the molecule is Nc1ccccc1Sc1c(F)c(F)c(-c2c3nc(cc4ccc([nH]4)c(-c4ccc(OCc5c(F)c(F)c(F)c(F)c5F)cc4)c4nc(cc5ccc2[nH]5)C=C4)C=C3)c(F)c1F. The molecule has 2 aliphatic heterocycles. The van der Waals surface area contributed by atoms with Gasteiger partial charge >= 0.3 is 0 Å². The highest BCUT2D eigenvalue weighted by atomic mass is 32.2. The van der Waals surface area contributed by atoms with Gasteiger partial charge in [-0.15, -0.1) is 0 Å². The number of hydrogen-bond donors (Lipinski definition) is 3. The summed E-state index contributed by atoms with van der Waals surface area (Å²) < 4.78 is 139. The Morgan fingerprint density at radius 3 is 1.62 bits per heavy atom. The van der Waals surface area contributed by atoms with Crippen molar-refractivity contribution in [1.29, 1.82) is 0 Å². The van der Waals surface area contributed by atoms with Gasteiger partial charge in [0.15, 0.2) is 46.5 Å². The number of hydrogen-bond acceptors (Lipinski definition) is 5. The number of nitrogens with one attached hydrogen (secondary N) is 2. The average Bonchev–Trinajstić information content (AvgIpc) is 4.10. The van der Waals surface area contributed by atoms with Crippen LogP contribution in [0.15, 0.2) is 94.7 Å². The van der Waals surface area contributed by atoms with E-state index in [1.54, 1.807) is 72.8 Å². The van der Waals surface area contributed by atoms with Crippen LogP contribution >= 0.6 is 11.8 Å². The Labute approximate surface area is 342 Å². The number of anilines is 1. The van der Waals surface area contributed by atoms with Gasteiger partial charge in [0.2, 0.25) is 5.82 Å². The van der Waals surface area contributed by atoms with E-state index in [1.807, 2.05) is 0 Å². The van der Waals surface area contributed by atoms with Crippen molar-refractivity contribution < 1.29 is 44.3 Å². The van der Waals surface area contributed by atoms with Crippen LogP contribution in [0.4, 0.5) is 45.2 Å². The summed E-state index contributed by atoms with van der Waals surface area (Å²) in [4.78, 5) is 15.0. The third-order valence-corrected chi connectivity index (χ3v) is 11.0. The summed E-state index contributed by atoms with van der Waals surface area (Å²) in [5, 5.41) is 0. The molecule has 4 N–H and O–H groups in total. The van der Waals surface area contributed by atoms with Crippen molar-refractivity contribution in [2.24, 2.45) is 0 Å². The quantitative estimate of drug-likeness (QED) is 0.0643. The first-order chi connectivity index (χ1) is 29.4. The number of ether oxygens (including phenoxy) is 1. The van der Waals surface area contributed by atoms with Crippen LogP contribution in [-0.2, 0) is 6.61 Å². The predicted octanol–water partition coefficient (Wildman–Crippen LogP) is 12.6.